The number of hydrogen-bond acceptors (Lipinski definition) is 1. The fourth-order valence-electron chi connectivity index (χ4n) is 1.66. The number of nitrogens with one attached hydrogen (secondary N) is 1. The minimum absolute atomic E-state index is 0.130. The molecule has 0 aliphatic rings. The van der Waals surface area contributed by atoms with Crippen LogP contribution in [0.1, 0.15) is 25.8 Å². The van der Waals surface area contributed by atoms with Gasteiger partial charge in [-0.3, -0.25) is 0 Å². The van der Waals surface area contributed by atoms with E-state index in [9.17, 15) is 4.39 Å². The van der Waals surface area contributed by atoms with E-state index in [1.165, 1.54) is 6.07 Å². The van der Waals surface area contributed by atoms with Crippen LogP contribution in [0, 0.1) is 17.7 Å². The number of likely N-dealkylation sites (N-methyl/N-ethyl adjacent to an activating group) is 1. The van der Waals surface area contributed by atoms with Crippen LogP contribution in [0.4, 0.5) is 4.39 Å². The molecule has 0 bridgehead atoms. The first-order valence-corrected chi connectivity index (χ1v) is 5.64. The molecular formula is C14H18FN. The van der Waals surface area contributed by atoms with Gasteiger partial charge < -0.3 is 5.32 Å². The molecule has 1 rings (SSSR count). The highest BCUT2D eigenvalue weighted by Gasteiger charge is 2.09. The highest BCUT2D eigenvalue weighted by Crippen LogP contribution is 2.10. The highest BCUT2D eigenvalue weighted by molar-refractivity contribution is 5.19. The molecule has 0 spiro atoms. The molecule has 2 heteroatoms. The first kappa shape index (κ1) is 12.7. The minimum atomic E-state index is -0.130. The zero-order chi connectivity index (χ0) is 11.8. The smallest absolute Gasteiger partial charge is 0.126 e. The van der Waals surface area contributed by atoms with Gasteiger partial charge in [-0.15, -0.1) is 11.8 Å². The molecule has 0 aliphatic heterocycles. The molecule has 1 aromatic carbocycles. The predicted octanol–water partition coefficient (Wildman–Crippen LogP) is 2.76. The summed E-state index contributed by atoms with van der Waals surface area (Å²) in [5.41, 5.74) is 0.756. The van der Waals surface area contributed by atoms with Crippen molar-refractivity contribution in [3.63, 3.8) is 0 Å². The average Bonchev–Trinajstić information content (AvgIpc) is 2.29. The summed E-state index contributed by atoms with van der Waals surface area (Å²) in [5.74, 6) is 5.78. The van der Waals surface area contributed by atoms with Crippen molar-refractivity contribution in [3.8, 4) is 11.8 Å². The van der Waals surface area contributed by atoms with E-state index in [0.717, 1.165) is 18.5 Å². The van der Waals surface area contributed by atoms with Crippen LogP contribution in [0.5, 0.6) is 0 Å². The van der Waals surface area contributed by atoms with Gasteiger partial charge in [-0.25, -0.2) is 4.39 Å². The van der Waals surface area contributed by atoms with Crippen molar-refractivity contribution in [2.75, 3.05) is 6.54 Å². The van der Waals surface area contributed by atoms with Gasteiger partial charge in [-0.1, -0.05) is 25.1 Å². The number of benzene rings is 1. The third-order valence-corrected chi connectivity index (χ3v) is 2.44. The molecule has 0 aromatic heterocycles. The van der Waals surface area contributed by atoms with Gasteiger partial charge in [0.05, 0.1) is 0 Å². The molecule has 16 heavy (non-hydrogen) atoms. The molecule has 0 saturated heterocycles. The summed E-state index contributed by atoms with van der Waals surface area (Å²) in [6.07, 6.45) is 1.45. The minimum Gasteiger partial charge on any atom is -0.313 e. The lowest BCUT2D eigenvalue weighted by Crippen LogP contribution is -2.30. The fourth-order valence-corrected chi connectivity index (χ4v) is 1.66. The normalized spacial score (nSPS) is 11.7. The monoisotopic (exact) mass is 219 g/mol. The summed E-state index contributed by atoms with van der Waals surface area (Å²) in [4.78, 5) is 0. The molecule has 0 aliphatic carbocycles. The second-order valence-electron chi connectivity index (χ2n) is 3.68. The Hall–Kier alpha value is -1.33. The molecule has 86 valence electrons. The molecule has 1 N–H and O–H groups in total. The summed E-state index contributed by atoms with van der Waals surface area (Å²) in [7, 11) is 0. The summed E-state index contributed by atoms with van der Waals surface area (Å²) < 4.78 is 13.4. The van der Waals surface area contributed by atoms with Gasteiger partial charge in [-0.05, 0) is 31.5 Å². The average molecular weight is 219 g/mol. The van der Waals surface area contributed by atoms with Crippen LogP contribution >= 0.6 is 0 Å². The van der Waals surface area contributed by atoms with Gasteiger partial charge in [0.2, 0.25) is 0 Å². The maximum Gasteiger partial charge on any atom is 0.126 e. The maximum absolute atomic E-state index is 13.4. The van der Waals surface area contributed by atoms with Crippen LogP contribution in [0.3, 0.4) is 0 Å². The third-order valence-electron chi connectivity index (χ3n) is 2.44. The zero-order valence-electron chi connectivity index (χ0n) is 9.89. The molecule has 0 saturated carbocycles. The molecule has 1 unspecified atom stereocenters. The van der Waals surface area contributed by atoms with E-state index in [1.54, 1.807) is 6.07 Å². The number of halogens is 1. The van der Waals surface area contributed by atoms with E-state index < -0.39 is 0 Å². The van der Waals surface area contributed by atoms with Crippen molar-refractivity contribution in [1.82, 2.24) is 5.32 Å². The maximum atomic E-state index is 13.4. The van der Waals surface area contributed by atoms with Crippen molar-refractivity contribution >= 4 is 0 Å². The van der Waals surface area contributed by atoms with E-state index >= 15 is 0 Å². The zero-order valence-corrected chi connectivity index (χ0v) is 9.89. The molecule has 0 amide bonds. The largest absolute Gasteiger partial charge is 0.313 e. The van der Waals surface area contributed by atoms with Crippen LogP contribution < -0.4 is 5.32 Å². The van der Waals surface area contributed by atoms with E-state index in [1.807, 2.05) is 26.0 Å². The quantitative estimate of drug-likeness (QED) is 0.751. The van der Waals surface area contributed by atoms with Crippen molar-refractivity contribution < 1.29 is 4.39 Å². The molecule has 0 radical (unpaired) electrons. The molecule has 0 fully saturated rings. The fraction of sp³-hybridized carbons (Fsp3) is 0.429. The Morgan fingerprint density at radius 1 is 1.38 bits per heavy atom. The van der Waals surface area contributed by atoms with Crippen LogP contribution in [0.2, 0.25) is 0 Å². The Kier molecular flexibility index (Phi) is 5.60. The van der Waals surface area contributed by atoms with Gasteiger partial charge in [0.15, 0.2) is 0 Å². The standard InChI is InChI=1S/C14H18FN/c1-3-5-9-13(16-4-2)11-12-8-6-7-10-14(12)15/h6-8,10,13,16H,4,9,11H2,1-2H3. The highest BCUT2D eigenvalue weighted by atomic mass is 19.1. The summed E-state index contributed by atoms with van der Waals surface area (Å²) in [6.45, 7) is 4.75. The first-order chi connectivity index (χ1) is 7.77. The Morgan fingerprint density at radius 2 is 2.12 bits per heavy atom. The Labute approximate surface area is 97.1 Å². The lowest BCUT2D eigenvalue weighted by atomic mass is 10.0. The lowest BCUT2D eigenvalue weighted by molar-refractivity contribution is 0.517. The molecule has 1 atom stereocenters. The van der Waals surface area contributed by atoms with Crippen molar-refractivity contribution in [2.24, 2.45) is 0 Å². The Morgan fingerprint density at radius 3 is 2.75 bits per heavy atom. The molecule has 0 heterocycles. The Bertz CT molecular complexity index is 376. The van der Waals surface area contributed by atoms with Crippen LogP contribution in [0.25, 0.3) is 0 Å². The summed E-state index contributed by atoms with van der Waals surface area (Å²) in [5, 5.41) is 3.32. The summed E-state index contributed by atoms with van der Waals surface area (Å²) >= 11 is 0. The van der Waals surface area contributed by atoms with E-state index in [4.69, 9.17) is 0 Å². The van der Waals surface area contributed by atoms with Crippen LogP contribution in [0.15, 0.2) is 24.3 Å². The van der Waals surface area contributed by atoms with Crippen molar-refractivity contribution in [2.45, 2.75) is 32.7 Å². The molecule has 1 aromatic rings. The van der Waals surface area contributed by atoms with Gasteiger partial charge >= 0.3 is 0 Å². The van der Waals surface area contributed by atoms with Crippen molar-refractivity contribution in [3.05, 3.63) is 35.6 Å². The second-order valence-corrected chi connectivity index (χ2v) is 3.68. The van der Waals surface area contributed by atoms with Gasteiger partial charge in [0.25, 0.3) is 0 Å². The molecule has 1 nitrogen and oxygen atoms in total. The third kappa shape index (κ3) is 4.04. The van der Waals surface area contributed by atoms with Crippen LogP contribution in [-0.4, -0.2) is 12.6 Å². The summed E-state index contributed by atoms with van der Waals surface area (Å²) in [6, 6.07) is 7.15. The SMILES string of the molecule is CC#CCC(Cc1ccccc1F)NCC. The lowest BCUT2D eigenvalue weighted by Gasteiger charge is -2.15. The molecular weight excluding hydrogens is 201 g/mol. The predicted molar refractivity (Wildman–Crippen MR) is 65.6 cm³/mol. The van der Waals surface area contributed by atoms with Gasteiger partial charge in [0.1, 0.15) is 5.82 Å². The topological polar surface area (TPSA) is 12.0 Å². The van der Waals surface area contributed by atoms with Gasteiger partial charge in [-0.2, -0.15) is 0 Å². The second kappa shape index (κ2) is 7.03. The van der Waals surface area contributed by atoms with E-state index in [0.29, 0.717) is 6.42 Å². The van der Waals surface area contributed by atoms with E-state index in [-0.39, 0.29) is 11.9 Å². The number of rotatable bonds is 5. The van der Waals surface area contributed by atoms with Gasteiger partial charge in [0, 0.05) is 12.5 Å². The van der Waals surface area contributed by atoms with Crippen LogP contribution in [-0.2, 0) is 6.42 Å². The number of hydrogen-bond donors (Lipinski definition) is 1. The first-order valence-electron chi connectivity index (χ1n) is 5.64. The Balaban J connectivity index is 2.66. The van der Waals surface area contributed by atoms with Crippen molar-refractivity contribution in [1.29, 1.82) is 0 Å². The van der Waals surface area contributed by atoms with E-state index in [2.05, 4.69) is 17.2 Å².